The number of nitroso groups, excluding NO2 is 1. The van der Waals surface area contributed by atoms with Gasteiger partial charge in [0, 0.05) is 0 Å². The minimum atomic E-state index is -0.356. The summed E-state index contributed by atoms with van der Waals surface area (Å²) in [5.74, 6) is 0. The molecule has 0 radical (unpaired) electrons. The number of rotatable bonds is 5. The average Bonchev–Trinajstić information content (AvgIpc) is 2.29. The van der Waals surface area contributed by atoms with Crippen LogP contribution in [0.25, 0.3) is 0 Å². The number of nitrogens with zero attached hydrogens (tertiary/aromatic N) is 3. The molecule has 18 heavy (non-hydrogen) atoms. The Bertz CT molecular complexity index is 282. The lowest BCUT2D eigenvalue weighted by Gasteiger charge is -2.28. The van der Waals surface area contributed by atoms with Crippen molar-refractivity contribution in [1.82, 2.24) is 10.3 Å². The molecule has 0 atom stereocenters. The normalized spacial score (nSPS) is 17.3. The third kappa shape index (κ3) is 5.00. The first-order valence-electron chi connectivity index (χ1n) is 6.65. The van der Waals surface area contributed by atoms with Gasteiger partial charge < -0.3 is 9.80 Å². The van der Waals surface area contributed by atoms with E-state index in [0.29, 0.717) is 6.54 Å². The second-order valence-corrected chi connectivity index (χ2v) is 5.96. The molecule has 0 bridgehead atoms. The minimum absolute atomic E-state index is 0.0135. The molecule has 0 aliphatic heterocycles. The Morgan fingerprint density at radius 2 is 1.89 bits per heavy atom. The highest BCUT2D eigenvalue weighted by atomic mass is 16.3. The number of nitrogens with one attached hydrogen (secondary N) is 1. The molecule has 1 aliphatic carbocycles. The van der Waals surface area contributed by atoms with E-state index in [4.69, 9.17) is 0 Å². The van der Waals surface area contributed by atoms with Crippen LogP contribution in [-0.4, -0.2) is 55.8 Å². The minimum Gasteiger partial charge on any atom is -0.331 e. The molecule has 0 unspecified atom stereocenters. The number of amides is 2. The monoisotopic (exact) mass is 257 g/mol. The summed E-state index contributed by atoms with van der Waals surface area (Å²) in [5.41, 5.74) is 0. The van der Waals surface area contributed by atoms with E-state index in [9.17, 15) is 9.70 Å². The highest BCUT2D eigenvalue weighted by Gasteiger charge is 2.26. The molecular formula is C12H25N4O2+. The van der Waals surface area contributed by atoms with Crippen molar-refractivity contribution in [2.24, 2.45) is 5.29 Å². The van der Waals surface area contributed by atoms with Crippen molar-refractivity contribution in [3.05, 3.63) is 4.91 Å². The smallest absolute Gasteiger partial charge is 0.331 e. The largest absolute Gasteiger partial charge is 0.340 e. The third-order valence-electron chi connectivity index (χ3n) is 3.28. The predicted octanol–water partition coefficient (Wildman–Crippen LogP) is 1.72. The molecule has 6 nitrogen and oxygen atoms in total. The summed E-state index contributed by atoms with van der Waals surface area (Å²) >= 11 is 0. The highest BCUT2D eigenvalue weighted by molar-refractivity contribution is 5.74. The predicted molar refractivity (Wildman–Crippen MR) is 70.8 cm³/mol. The number of hydrogen-bond donors (Lipinski definition) is 1. The molecule has 1 fully saturated rings. The summed E-state index contributed by atoms with van der Waals surface area (Å²) in [4.78, 5) is 22.7. The van der Waals surface area contributed by atoms with Gasteiger partial charge in [0.2, 0.25) is 0 Å². The number of likely N-dealkylation sites (N-methyl/N-ethyl adjacent to an activating group) is 1. The molecule has 0 aromatic rings. The molecule has 2 amide bonds. The molecule has 6 heteroatoms. The zero-order valence-corrected chi connectivity index (χ0v) is 11.7. The Labute approximate surface area is 109 Å². The Hall–Kier alpha value is -1.17. The number of carbonyl (C=O) groups excluding carboxylic acids is 1. The molecule has 1 rings (SSSR count). The topological polar surface area (TPSA) is 61.8 Å². The van der Waals surface area contributed by atoms with Crippen molar-refractivity contribution in [1.29, 1.82) is 0 Å². The van der Waals surface area contributed by atoms with Crippen LogP contribution in [0.1, 0.15) is 32.1 Å². The van der Waals surface area contributed by atoms with Gasteiger partial charge in [0.15, 0.2) is 0 Å². The van der Waals surface area contributed by atoms with Crippen molar-refractivity contribution < 1.29 is 9.28 Å². The molecular weight excluding hydrogens is 232 g/mol. The summed E-state index contributed by atoms with van der Waals surface area (Å²) in [6.07, 6.45) is 5.10. The van der Waals surface area contributed by atoms with E-state index in [-0.39, 0.29) is 12.1 Å². The zero-order valence-electron chi connectivity index (χ0n) is 11.7. The number of carbonyl (C=O) groups is 1. The second kappa shape index (κ2) is 6.68. The van der Waals surface area contributed by atoms with Gasteiger partial charge in [0.05, 0.1) is 45.6 Å². The van der Waals surface area contributed by atoms with Crippen molar-refractivity contribution >= 4 is 6.03 Å². The van der Waals surface area contributed by atoms with Crippen LogP contribution in [0.5, 0.6) is 0 Å². The molecule has 0 spiro atoms. The van der Waals surface area contributed by atoms with Crippen LogP contribution in [0.15, 0.2) is 5.29 Å². The van der Waals surface area contributed by atoms with Crippen LogP contribution in [0, 0.1) is 4.91 Å². The first kappa shape index (κ1) is 14.9. The Balaban J connectivity index is 2.39. The van der Waals surface area contributed by atoms with E-state index in [1.807, 2.05) is 0 Å². The first-order chi connectivity index (χ1) is 8.44. The van der Waals surface area contributed by atoms with Gasteiger partial charge in [0.25, 0.3) is 0 Å². The fourth-order valence-electron chi connectivity index (χ4n) is 2.17. The number of hydrogen-bond acceptors (Lipinski definition) is 3. The molecule has 0 saturated heterocycles. The highest BCUT2D eigenvalue weighted by Crippen LogP contribution is 2.22. The summed E-state index contributed by atoms with van der Waals surface area (Å²) < 4.78 is 0.776. The van der Waals surface area contributed by atoms with E-state index in [0.717, 1.165) is 41.7 Å². The van der Waals surface area contributed by atoms with Crippen molar-refractivity contribution in [2.75, 3.05) is 34.2 Å². The van der Waals surface area contributed by atoms with E-state index < -0.39 is 0 Å². The maximum absolute atomic E-state index is 11.9. The molecule has 0 aromatic carbocycles. The van der Waals surface area contributed by atoms with Crippen LogP contribution in [-0.2, 0) is 0 Å². The lowest BCUT2D eigenvalue weighted by atomic mass is 9.95. The standard InChI is InChI=1S/C12H24N4O2/c1-16(2,3)10-9-13-12(17)15(14-18)11-7-5-4-6-8-11/h11H,4-10H2,1-3H3/p+1. The first-order valence-corrected chi connectivity index (χ1v) is 6.65. The van der Waals surface area contributed by atoms with Crippen LogP contribution in [0.3, 0.4) is 0 Å². The van der Waals surface area contributed by atoms with Gasteiger partial charge in [0.1, 0.15) is 0 Å². The lowest BCUT2D eigenvalue weighted by molar-refractivity contribution is -0.869. The van der Waals surface area contributed by atoms with Gasteiger partial charge in [-0.05, 0) is 12.8 Å². The van der Waals surface area contributed by atoms with Gasteiger partial charge >= 0.3 is 6.03 Å². The SMILES string of the molecule is C[N+](C)(C)CCNC(=O)N(N=O)C1CCCCC1. The summed E-state index contributed by atoms with van der Waals surface area (Å²) in [6.45, 7) is 1.38. The van der Waals surface area contributed by atoms with E-state index >= 15 is 0 Å². The summed E-state index contributed by atoms with van der Waals surface area (Å²) in [6, 6.07) is -0.370. The van der Waals surface area contributed by atoms with E-state index in [1.165, 1.54) is 6.42 Å². The Kier molecular flexibility index (Phi) is 5.53. The van der Waals surface area contributed by atoms with Gasteiger partial charge in [-0.15, -0.1) is 4.91 Å². The van der Waals surface area contributed by atoms with Crippen molar-refractivity contribution in [3.63, 3.8) is 0 Å². The fraction of sp³-hybridized carbons (Fsp3) is 0.917. The second-order valence-electron chi connectivity index (χ2n) is 5.96. The van der Waals surface area contributed by atoms with Crippen LogP contribution in [0.4, 0.5) is 4.79 Å². The average molecular weight is 257 g/mol. The third-order valence-corrected chi connectivity index (χ3v) is 3.28. The van der Waals surface area contributed by atoms with Crippen molar-refractivity contribution in [2.45, 2.75) is 38.1 Å². The molecule has 1 aliphatic rings. The molecule has 0 heterocycles. The molecule has 1 saturated carbocycles. The number of urea groups is 1. The Morgan fingerprint density at radius 1 is 1.28 bits per heavy atom. The lowest BCUT2D eigenvalue weighted by Crippen LogP contribution is -2.47. The number of quaternary nitrogens is 1. The molecule has 1 N–H and O–H groups in total. The van der Waals surface area contributed by atoms with Crippen LogP contribution in [0.2, 0.25) is 0 Å². The van der Waals surface area contributed by atoms with Gasteiger partial charge in [-0.1, -0.05) is 19.3 Å². The van der Waals surface area contributed by atoms with Gasteiger partial charge in [-0.25, -0.2) is 4.79 Å². The summed E-state index contributed by atoms with van der Waals surface area (Å²) in [7, 11) is 6.18. The molecule has 104 valence electrons. The van der Waals surface area contributed by atoms with Crippen LogP contribution < -0.4 is 5.32 Å². The summed E-state index contributed by atoms with van der Waals surface area (Å²) in [5, 5.41) is 6.75. The maximum atomic E-state index is 11.9. The Morgan fingerprint density at radius 3 is 2.39 bits per heavy atom. The van der Waals surface area contributed by atoms with E-state index in [1.54, 1.807) is 0 Å². The fourth-order valence-corrected chi connectivity index (χ4v) is 2.17. The van der Waals surface area contributed by atoms with Gasteiger partial charge in [-0.3, -0.25) is 0 Å². The van der Waals surface area contributed by atoms with E-state index in [2.05, 4.69) is 31.7 Å². The van der Waals surface area contributed by atoms with Crippen molar-refractivity contribution in [3.8, 4) is 0 Å². The maximum Gasteiger partial charge on any atom is 0.340 e. The zero-order chi connectivity index (χ0) is 13.6. The quantitative estimate of drug-likeness (QED) is 0.463. The molecule has 0 aromatic heterocycles. The van der Waals surface area contributed by atoms with Crippen LogP contribution >= 0.6 is 0 Å². The van der Waals surface area contributed by atoms with Gasteiger partial charge in [-0.2, -0.15) is 5.01 Å².